The highest BCUT2D eigenvalue weighted by Crippen LogP contribution is 2.28. The Morgan fingerprint density at radius 3 is 2.31 bits per heavy atom. The predicted molar refractivity (Wildman–Crippen MR) is 108 cm³/mol. The van der Waals surface area contributed by atoms with Gasteiger partial charge in [-0.1, -0.05) is 30.3 Å². The minimum atomic E-state index is -4.67. The zero-order valence-electron chi connectivity index (χ0n) is 15.7. The highest BCUT2D eigenvalue weighted by Gasteiger charge is 2.30. The van der Waals surface area contributed by atoms with Crippen LogP contribution >= 0.6 is 0 Å². The zero-order valence-corrected chi connectivity index (χ0v) is 16.5. The van der Waals surface area contributed by atoms with Gasteiger partial charge in [-0.2, -0.15) is 8.78 Å². The maximum Gasteiger partial charge on any atom is 0.341 e. The third kappa shape index (κ3) is 5.51. The summed E-state index contributed by atoms with van der Waals surface area (Å²) in [5.41, 5.74) is 0.930. The third-order valence-corrected chi connectivity index (χ3v) is 6.24. The van der Waals surface area contributed by atoms with Crippen molar-refractivity contribution in [3.8, 4) is 0 Å². The van der Waals surface area contributed by atoms with E-state index in [4.69, 9.17) is 0 Å². The Morgan fingerprint density at radius 2 is 1.66 bits per heavy atom. The number of carbonyl (C=O) groups excluding carboxylic acids is 1. The summed E-state index contributed by atoms with van der Waals surface area (Å²) in [4.78, 5) is 13.8. The lowest BCUT2D eigenvalue weighted by Gasteiger charge is -2.32. The van der Waals surface area contributed by atoms with E-state index in [1.54, 1.807) is 6.07 Å². The Hall–Kier alpha value is -2.52. The average Bonchev–Trinajstić information content (AvgIpc) is 2.70. The normalized spacial score (nSPS) is 16.0. The number of halogens is 2. The maximum absolute atomic E-state index is 12.9. The van der Waals surface area contributed by atoms with Gasteiger partial charge in [0, 0.05) is 24.8 Å². The third-order valence-electron chi connectivity index (χ3n) is 4.80. The molecule has 1 heterocycles. The fourth-order valence-electron chi connectivity index (χ4n) is 3.31. The summed E-state index contributed by atoms with van der Waals surface area (Å²) in [6, 6.07) is 14.9. The van der Waals surface area contributed by atoms with E-state index < -0.39 is 15.6 Å². The summed E-state index contributed by atoms with van der Waals surface area (Å²) in [5.74, 6) is -3.56. The summed E-state index contributed by atoms with van der Waals surface area (Å²) in [6.07, 6.45) is 1.34. The average molecular weight is 423 g/mol. The lowest BCUT2D eigenvalue weighted by molar-refractivity contribution is -0.117. The number of rotatable bonds is 7. The molecule has 9 heteroatoms. The molecule has 2 N–H and O–H groups in total. The van der Waals surface area contributed by atoms with Crippen LogP contribution in [0.4, 0.5) is 20.2 Å². The van der Waals surface area contributed by atoms with Gasteiger partial charge in [0.2, 0.25) is 15.7 Å². The predicted octanol–water partition coefficient (Wildman–Crippen LogP) is 3.20. The number of piperidine rings is 1. The molecule has 0 unspecified atom stereocenters. The van der Waals surface area contributed by atoms with Crippen molar-refractivity contribution in [2.24, 2.45) is 0 Å². The van der Waals surface area contributed by atoms with E-state index in [1.165, 1.54) is 18.2 Å². The number of hydrogen-bond acceptors (Lipinski definition) is 5. The lowest BCUT2D eigenvalue weighted by Crippen LogP contribution is -2.42. The van der Waals surface area contributed by atoms with Crippen LogP contribution in [-0.4, -0.2) is 50.7 Å². The molecule has 0 aromatic heterocycles. The molecule has 3 rings (SSSR count). The zero-order chi connectivity index (χ0) is 20.9. The Balaban J connectivity index is 1.54. The number of alkyl halides is 2. The summed E-state index contributed by atoms with van der Waals surface area (Å²) in [5, 5.41) is 5.93. The van der Waals surface area contributed by atoms with Crippen LogP contribution < -0.4 is 10.6 Å². The van der Waals surface area contributed by atoms with E-state index in [2.05, 4.69) is 10.6 Å². The molecule has 0 atom stereocenters. The molecule has 1 aliphatic heterocycles. The van der Waals surface area contributed by atoms with Crippen LogP contribution in [0.2, 0.25) is 0 Å². The first-order valence-electron chi connectivity index (χ1n) is 9.31. The Kier molecular flexibility index (Phi) is 6.81. The molecule has 1 amide bonds. The second-order valence-electron chi connectivity index (χ2n) is 6.91. The van der Waals surface area contributed by atoms with Gasteiger partial charge in [0.15, 0.2) is 0 Å². The number of carbonyl (C=O) groups is 1. The standard InChI is InChI=1S/C20H23F2N3O3S/c21-20(22)29(27,28)18-9-5-4-8-17(18)23-16-10-12-25(13-11-16)14-19(26)24-15-6-2-1-3-7-15/h1-9,16,20,23H,10-14H2,(H,24,26). The van der Waals surface area contributed by atoms with Gasteiger partial charge in [-0.05, 0) is 37.1 Å². The van der Waals surface area contributed by atoms with Crippen molar-refractivity contribution in [1.29, 1.82) is 0 Å². The number of nitrogens with one attached hydrogen (secondary N) is 2. The van der Waals surface area contributed by atoms with Crippen LogP contribution in [0.3, 0.4) is 0 Å². The van der Waals surface area contributed by atoms with E-state index in [0.29, 0.717) is 25.9 Å². The molecule has 2 aromatic rings. The fraction of sp³-hybridized carbons (Fsp3) is 0.350. The minimum absolute atomic E-state index is 0.0579. The minimum Gasteiger partial charge on any atom is -0.381 e. The Labute approximate surface area is 168 Å². The van der Waals surface area contributed by atoms with Crippen molar-refractivity contribution in [2.45, 2.75) is 29.5 Å². The quantitative estimate of drug-likeness (QED) is 0.715. The van der Waals surface area contributed by atoms with Gasteiger partial charge in [0.1, 0.15) is 0 Å². The Bertz CT molecular complexity index is 931. The molecule has 6 nitrogen and oxygen atoms in total. The molecule has 0 radical (unpaired) electrons. The highest BCUT2D eigenvalue weighted by atomic mass is 32.2. The molecule has 1 fully saturated rings. The summed E-state index contributed by atoms with van der Waals surface area (Å²) in [6.45, 7) is 1.55. The first-order chi connectivity index (χ1) is 13.9. The first kappa shape index (κ1) is 21.2. The molecule has 0 spiro atoms. The van der Waals surface area contributed by atoms with Crippen LogP contribution in [0.5, 0.6) is 0 Å². The van der Waals surface area contributed by atoms with Gasteiger partial charge in [-0.3, -0.25) is 9.69 Å². The number of nitrogens with zero attached hydrogens (tertiary/aromatic N) is 1. The molecule has 1 aliphatic rings. The number of anilines is 2. The van der Waals surface area contributed by atoms with E-state index in [9.17, 15) is 22.0 Å². The molecule has 0 bridgehead atoms. The number of para-hydroxylation sites is 2. The number of likely N-dealkylation sites (tertiary alicyclic amines) is 1. The van der Waals surface area contributed by atoms with E-state index in [-0.39, 0.29) is 29.1 Å². The largest absolute Gasteiger partial charge is 0.381 e. The highest BCUT2D eigenvalue weighted by molar-refractivity contribution is 7.91. The number of hydrogen-bond donors (Lipinski definition) is 2. The van der Waals surface area contributed by atoms with Crippen LogP contribution in [0.25, 0.3) is 0 Å². The van der Waals surface area contributed by atoms with Gasteiger partial charge in [0.05, 0.1) is 17.1 Å². The second kappa shape index (κ2) is 9.32. The molecule has 156 valence electrons. The van der Waals surface area contributed by atoms with Gasteiger partial charge >= 0.3 is 5.76 Å². The summed E-state index contributed by atoms with van der Waals surface area (Å²) >= 11 is 0. The van der Waals surface area contributed by atoms with Crippen LogP contribution in [0, 0.1) is 0 Å². The summed E-state index contributed by atoms with van der Waals surface area (Å²) in [7, 11) is -4.67. The van der Waals surface area contributed by atoms with Crippen molar-refractivity contribution in [3.05, 3.63) is 54.6 Å². The molecular weight excluding hydrogens is 400 g/mol. The first-order valence-corrected chi connectivity index (χ1v) is 10.9. The van der Waals surface area contributed by atoms with Crippen molar-refractivity contribution >= 4 is 27.1 Å². The summed E-state index contributed by atoms with van der Waals surface area (Å²) < 4.78 is 49.6. The van der Waals surface area contributed by atoms with Crippen molar-refractivity contribution in [1.82, 2.24) is 4.90 Å². The molecule has 0 saturated carbocycles. The molecule has 2 aromatic carbocycles. The van der Waals surface area contributed by atoms with E-state index in [1.807, 2.05) is 35.2 Å². The number of benzene rings is 2. The van der Waals surface area contributed by atoms with Crippen LogP contribution in [-0.2, 0) is 14.6 Å². The SMILES string of the molecule is O=C(CN1CCC(Nc2ccccc2S(=O)(=O)C(F)F)CC1)Nc1ccccc1. The van der Waals surface area contributed by atoms with Gasteiger partial charge in [-0.25, -0.2) is 8.42 Å². The fourth-order valence-corrected chi connectivity index (χ4v) is 4.20. The van der Waals surface area contributed by atoms with E-state index >= 15 is 0 Å². The maximum atomic E-state index is 12.9. The molecular formula is C20H23F2N3O3S. The van der Waals surface area contributed by atoms with Crippen molar-refractivity contribution in [2.75, 3.05) is 30.3 Å². The van der Waals surface area contributed by atoms with Crippen LogP contribution in [0.1, 0.15) is 12.8 Å². The van der Waals surface area contributed by atoms with Crippen molar-refractivity contribution in [3.63, 3.8) is 0 Å². The van der Waals surface area contributed by atoms with E-state index in [0.717, 1.165) is 5.69 Å². The van der Waals surface area contributed by atoms with Gasteiger partial charge in [0.25, 0.3) is 0 Å². The molecule has 1 saturated heterocycles. The lowest BCUT2D eigenvalue weighted by atomic mass is 10.0. The van der Waals surface area contributed by atoms with Gasteiger partial charge in [-0.15, -0.1) is 0 Å². The molecule has 0 aliphatic carbocycles. The molecule has 29 heavy (non-hydrogen) atoms. The second-order valence-corrected chi connectivity index (χ2v) is 8.80. The Morgan fingerprint density at radius 1 is 1.03 bits per heavy atom. The van der Waals surface area contributed by atoms with Gasteiger partial charge < -0.3 is 10.6 Å². The number of amides is 1. The van der Waals surface area contributed by atoms with Crippen molar-refractivity contribution < 1.29 is 22.0 Å². The smallest absolute Gasteiger partial charge is 0.341 e. The topological polar surface area (TPSA) is 78.5 Å². The van der Waals surface area contributed by atoms with Crippen LogP contribution in [0.15, 0.2) is 59.5 Å². The number of sulfone groups is 1. The monoisotopic (exact) mass is 423 g/mol.